The second kappa shape index (κ2) is 7.30. The van der Waals surface area contributed by atoms with Crippen molar-refractivity contribution in [3.05, 3.63) is 35.6 Å². The molecule has 23 heavy (non-hydrogen) atoms. The Morgan fingerprint density at radius 3 is 2.57 bits per heavy atom. The first-order valence-electron chi connectivity index (χ1n) is 8.58. The molecule has 2 unspecified atom stereocenters. The average molecular weight is 320 g/mol. The zero-order valence-corrected chi connectivity index (χ0v) is 13.6. The third kappa shape index (κ3) is 4.22. The lowest BCUT2D eigenvalue weighted by atomic mass is 9.96. The van der Waals surface area contributed by atoms with E-state index in [0.29, 0.717) is 19.1 Å². The maximum atomic E-state index is 13.1. The Kier molecular flexibility index (Phi) is 5.16. The molecular formula is C18H25FN2O2. The summed E-state index contributed by atoms with van der Waals surface area (Å²) >= 11 is 0. The van der Waals surface area contributed by atoms with E-state index in [1.165, 1.54) is 31.4 Å². The molecule has 0 radical (unpaired) electrons. The Morgan fingerprint density at radius 2 is 1.87 bits per heavy atom. The van der Waals surface area contributed by atoms with E-state index >= 15 is 0 Å². The number of halogens is 1. The number of morpholine rings is 1. The van der Waals surface area contributed by atoms with E-state index in [1.54, 1.807) is 12.1 Å². The van der Waals surface area contributed by atoms with Gasteiger partial charge in [-0.2, -0.15) is 0 Å². The van der Waals surface area contributed by atoms with E-state index in [1.807, 2.05) is 11.8 Å². The zero-order chi connectivity index (χ0) is 16.2. The predicted molar refractivity (Wildman–Crippen MR) is 86.7 cm³/mol. The van der Waals surface area contributed by atoms with Crippen molar-refractivity contribution >= 4 is 6.03 Å². The molecule has 1 aromatic rings. The predicted octanol–water partition coefficient (Wildman–Crippen LogP) is 3.63. The van der Waals surface area contributed by atoms with Crippen LogP contribution in [0.2, 0.25) is 0 Å². The first-order chi connectivity index (χ1) is 11.1. The molecule has 2 atom stereocenters. The number of rotatable bonds is 2. The molecule has 3 rings (SSSR count). The zero-order valence-electron chi connectivity index (χ0n) is 13.6. The van der Waals surface area contributed by atoms with Gasteiger partial charge in [0.1, 0.15) is 11.9 Å². The molecule has 0 spiro atoms. The molecule has 126 valence electrons. The van der Waals surface area contributed by atoms with Crippen molar-refractivity contribution in [2.75, 3.05) is 13.1 Å². The van der Waals surface area contributed by atoms with Crippen molar-refractivity contribution < 1.29 is 13.9 Å². The van der Waals surface area contributed by atoms with Crippen LogP contribution in [0.3, 0.4) is 0 Å². The largest absolute Gasteiger partial charge is 0.367 e. The number of hydrogen-bond acceptors (Lipinski definition) is 2. The fraction of sp³-hybridized carbons (Fsp3) is 0.611. The Labute approximate surface area is 137 Å². The first-order valence-corrected chi connectivity index (χ1v) is 8.58. The van der Waals surface area contributed by atoms with Crippen LogP contribution in [0.25, 0.3) is 0 Å². The van der Waals surface area contributed by atoms with Gasteiger partial charge in [-0.25, -0.2) is 9.18 Å². The Morgan fingerprint density at radius 1 is 1.17 bits per heavy atom. The molecule has 1 saturated heterocycles. The monoisotopic (exact) mass is 320 g/mol. The van der Waals surface area contributed by atoms with Crippen molar-refractivity contribution in [2.24, 2.45) is 0 Å². The summed E-state index contributed by atoms with van der Waals surface area (Å²) in [5.41, 5.74) is 0.911. The van der Waals surface area contributed by atoms with E-state index in [0.717, 1.165) is 18.4 Å². The Hall–Kier alpha value is -1.62. The van der Waals surface area contributed by atoms with Gasteiger partial charge in [-0.05, 0) is 37.5 Å². The minimum absolute atomic E-state index is 0.000776. The molecule has 2 fully saturated rings. The summed E-state index contributed by atoms with van der Waals surface area (Å²) in [6.45, 7) is 3.07. The van der Waals surface area contributed by atoms with Crippen molar-refractivity contribution in [2.45, 2.75) is 57.3 Å². The SMILES string of the molecule is CC1CN(C(=O)NC2CCCCC2)CC(c2ccc(F)cc2)O1. The van der Waals surface area contributed by atoms with Crippen molar-refractivity contribution in [1.29, 1.82) is 0 Å². The highest BCUT2D eigenvalue weighted by atomic mass is 19.1. The summed E-state index contributed by atoms with van der Waals surface area (Å²) in [7, 11) is 0. The number of urea groups is 1. The summed E-state index contributed by atoms with van der Waals surface area (Å²) in [6, 6.07) is 6.64. The van der Waals surface area contributed by atoms with E-state index in [2.05, 4.69) is 5.32 Å². The second-order valence-electron chi connectivity index (χ2n) is 6.68. The van der Waals surface area contributed by atoms with Gasteiger partial charge < -0.3 is 15.0 Å². The number of nitrogens with one attached hydrogen (secondary N) is 1. The van der Waals surface area contributed by atoms with Crippen molar-refractivity contribution in [3.63, 3.8) is 0 Å². The molecule has 5 heteroatoms. The lowest BCUT2D eigenvalue weighted by Crippen LogP contribution is -2.52. The number of carbonyl (C=O) groups is 1. The van der Waals surface area contributed by atoms with Gasteiger partial charge >= 0.3 is 6.03 Å². The normalized spacial score (nSPS) is 26.1. The fourth-order valence-corrected chi connectivity index (χ4v) is 3.49. The van der Waals surface area contributed by atoms with Gasteiger partial charge in [0.2, 0.25) is 0 Å². The van der Waals surface area contributed by atoms with Gasteiger partial charge in [0.15, 0.2) is 0 Å². The molecule has 2 aliphatic rings. The molecule has 1 N–H and O–H groups in total. The van der Waals surface area contributed by atoms with Crippen LogP contribution in [0.15, 0.2) is 24.3 Å². The maximum absolute atomic E-state index is 13.1. The molecule has 1 heterocycles. The Bertz CT molecular complexity index is 528. The van der Waals surface area contributed by atoms with Crippen LogP contribution in [0.4, 0.5) is 9.18 Å². The second-order valence-corrected chi connectivity index (χ2v) is 6.68. The van der Waals surface area contributed by atoms with Gasteiger partial charge in [0.05, 0.1) is 12.6 Å². The van der Waals surface area contributed by atoms with Crippen LogP contribution in [0, 0.1) is 5.82 Å². The number of carbonyl (C=O) groups excluding carboxylic acids is 1. The summed E-state index contributed by atoms with van der Waals surface area (Å²) in [6.07, 6.45) is 5.59. The maximum Gasteiger partial charge on any atom is 0.317 e. The highest BCUT2D eigenvalue weighted by molar-refractivity contribution is 5.74. The Balaban J connectivity index is 1.62. The van der Waals surface area contributed by atoms with Gasteiger partial charge in [-0.3, -0.25) is 0 Å². The van der Waals surface area contributed by atoms with E-state index < -0.39 is 0 Å². The standard InChI is InChI=1S/C18H25FN2O2/c1-13-11-21(18(22)20-16-5-3-2-4-6-16)12-17(23-13)14-7-9-15(19)10-8-14/h7-10,13,16-17H,2-6,11-12H2,1H3,(H,20,22). The molecule has 1 saturated carbocycles. The van der Waals surface area contributed by atoms with Gasteiger partial charge in [-0.15, -0.1) is 0 Å². The van der Waals surface area contributed by atoms with Crippen molar-refractivity contribution in [3.8, 4) is 0 Å². The number of hydrogen-bond donors (Lipinski definition) is 1. The molecular weight excluding hydrogens is 295 g/mol. The quantitative estimate of drug-likeness (QED) is 0.904. The fourth-order valence-electron chi connectivity index (χ4n) is 3.49. The molecule has 1 aliphatic heterocycles. The third-order valence-electron chi connectivity index (χ3n) is 4.72. The highest BCUT2D eigenvalue weighted by Crippen LogP contribution is 2.26. The van der Waals surface area contributed by atoms with E-state index in [-0.39, 0.29) is 24.1 Å². The molecule has 2 amide bonds. The van der Waals surface area contributed by atoms with Crippen molar-refractivity contribution in [1.82, 2.24) is 10.2 Å². The molecule has 1 aromatic carbocycles. The third-order valence-corrected chi connectivity index (χ3v) is 4.72. The van der Waals surface area contributed by atoms with Crippen LogP contribution in [-0.4, -0.2) is 36.2 Å². The van der Waals surface area contributed by atoms with Gasteiger partial charge in [0, 0.05) is 12.6 Å². The summed E-state index contributed by atoms with van der Waals surface area (Å²) in [5, 5.41) is 3.16. The summed E-state index contributed by atoms with van der Waals surface area (Å²) in [5.74, 6) is -0.260. The van der Waals surface area contributed by atoms with Gasteiger partial charge in [-0.1, -0.05) is 31.4 Å². The van der Waals surface area contributed by atoms with Crippen LogP contribution in [0.1, 0.15) is 50.7 Å². The molecule has 1 aliphatic carbocycles. The minimum Gasteiger partial charge on any atom is -0.367 e. The number of benzene rings is 1. The lowest BCUT2D eigenvalue weighted by molar-refractivity contribution is -0.0660. The molecule has 4 nitrogen and oxygen atoms in total. The number of nitrogens with zero attached hydrogens (tertiary/aromatic N) is 1. The molecule has 0 aromatic heterocycles. The van der Waals surface area contributed by atoms with E-state index in [9.17, 15) is 9.18 Å². The average Bonchev–Trinajstić information content (AvgIpc) is 2.56. The molecule has 0 bridgehead atoms. The highest BCUT2D eigenvalue weighted by Gasteiger charge is 2.30. The lowest BCUT2D eigenvalue weighted by Gasteiger charge is -2.38. The summed E-state index contributed by atoms with van der Waals surface area (Å²) in [4.78, 5) is 14.4. The number of ether oxygens (including phenoxy) is 1. The van der Waals surface area contributed by atoms with Crippen LogP contribution < -0.4 is 5.32 Å². The first kappa shape index (κ1) is 16.2. The van der Waals surface area contributed by atoms with E-state index in [4.69, 9.17) is 4.74 Å². The van der Waals surface area contributed by atoms with Gasteiger partial charge in [0.25, 0.3) is 0 Å². The topological polar surface area (TPSA) is 41.6 Å². The smallest absolute Gasteiger partial charge is 0.317 e. The van der Waals surface area contributed by atoms with Crippen LogP contribution in [0.5, 0.6) is 0 Å². The minimum atomic E-state index is -0.260. The van der Waals surface area contributed by atoms with Crippen LogP contribution in [-0.2, 0) is 4.74 Å². The number of amides is 2. The summed E-state index contributed by atoms with van der Waals surface area (Å²) < 4.78 is 19.0. The van der Waals surface area contributed by atoms with Crippen LogP contribution >= 0.6 is 0 Å².